The minimum Gasteiger partial charge on any atom is -0.330 e. The average Bonchev–Trinajstić information content (AvgIpc) is 2.61. The van der Waals surface area contributed by atoms with E-state index < -0.39 is 0 Å². The van der Waals surface area contributed by atoms with Crippen molar-refractivity contribution in [1.29, 1.82) is 0 Å². The number of fused-ring (bicyclic) bond motifs is 1. The Labute approximate surface area is 147 Å². The van der Waals surface area contributed by atoms with Gasteiger partial charge >= 0.3 is 0 Å². The lowest BCUT2D eigenvalue weighted by Gasteiger charge is -2.38. The minimum absolute atomic E-state index is 0.682. The van der Waals surface area contributed by atoms with E-state index in [4.69, 9.17) is 0 Å². The van der Waals surface area contributed by atoms with Crippen LogP contribution in [0.3, 0.4) is 0 Å². The quantitative estimate of drug-likeness (QED) is 0.798. The summed E-state index contributed by atoms with van der Waals surface area (Å²) in [5, 5.41) is 2.59. The van der Waals surface area contributed by atoms with Crippen molar-refractivity contribution in [3.8, 4) is 0 Å². The predicted octanol–water partition coefficient (Wildman–Crippen LogP) is -0.218. The van der Waals surface area contributed by atoms with Crippen molar-refractivity contribution in [3.63, 3.8) is 0 Å². The molecule has 2 aliphatic heterocycles. The normalized spacial score (nSPS) is 27.5. The van der Waals surface area contributed by atoms with Crippen LogP contribution in [0.5, 0.6) is 0 Å². The maximum Gasteiger partial charge on any atom is 0.155 e. The summed E-state index contributed by atoms with van der Waals surface area (Å²) in [4.78, 5) is 7.22. The molecule has 2 atom stereocenters. The first-order chi connectivity index (χ1) is 11.8. The highest BCUT2D eigenvalue weighted by Gasteiger charge is 2.29. The Morgan fingerprint density at radius 2 is 1.96 bits per heavy atom. The van der Waals surface area contributed by atoms with Crippen LogP contribution in [0.25, 0.3) is 0 Å². The summed E-state index contributed by atoms with van der Waals surface area (Å²) in [6.07, 6.45) is 4.63. The predicted molar refractivity (Wildman–Crippen MR) is 99.0 cm³/mol. The largest absolute Gasteiger partial charge is 0.330 e. The van der Waals surface area contributed by atoms with E-state index in [1.807, 2.05) is 0 Å². The second kappa shape index (κ2) is 9.52. The molecule has 24 heavy (non-hydrogen) atoms. The molecule has 134 valence electrons. The lowest BCUT2D eigenvalue weighted by atomic mass is 10.1. The van der Waals surface area contributed by atoms with E-state index in [0.717, 1.165) is 0 Å². The number of nitrogens with zero attached hydrogens (tertiary/aromatic N) is 2. The number of hydrogen-bond donors (Lipinski definition) is 2. The first-order valence-corrected chi connectivity index (χ1v) is 10.0. The van der Waals surface area contributed by atoms with Crippen LogP contribution in [0.1, 0.15) is 31.7 Å². The van der Waals surface area contributed by atoms with Gasteiger partial charge in [0.2, 0.25) is 0 Å². The number of benzene rings is 1. The van der Waals surface area contributed by atoms with Crippen LogP contribution >= 0.6 is 0 Å². The molecule has 2 saturated heterocycles. The molecule has 2 unspecified atom stereocenters. The summed E-state index contributed by atoms with van der Waals surface area (Å²) in [6.45, 7) is 13.7. The van der Waals surface area contributed by atoms with E-state index in [2.05, 4.69) is 52.4 Å². The molecular weight excluding hydrogens is 296 g/mol. The van der Waals surface area contributed by atoms with Crippen LogP contribution in [0.15, 0.2) is 30.3 Å². The lowest BCUT2D eigenvalue weighted by molar-refractivity contribution is -0.914. The van der Waals surface area contributed by atoms with Gasteiger partial charge in [0.15, 0.2) is 6.17 Å². The lowest BCUT2D eigenvalue weighted by Crippen LogP contribution is -3.12. The standard InChI is InChI=1S/C20H34N4/c1-2-11-22-12-7-13-23(17-19-8-4-3-5-9-19)15-16-24-14-6-10-21-20(24)18-22/h3-5,8-9,20-21H,2,6-7,10-18H2,1H3/p+2. The molecule has 0 amide bonds. The Hall–Kier alpha value is -0.940. The van der Waals surface area contributed by atoms with Crippen LogP contribution in [0.2, 0.25) is 0 Å². The first-order valence-electron chi connectivity index (χ1n) is 10.0. The second-order valence-electron chi connectivity index (χ2n) is 7.55. The summed E-state index contributed by atoms with van der Waals surface area (Å²) >= 11 is 0. The van der Waals surface area contributed by atoms with E-state index in [1.54, 1.807) is 4.90 Å². The van der Waals surface area contributed by atoms with Crippen molar-refractivity contribution in [2.45, 2.75) is 38.9 Å². The molecule has 0 aromatic heterocycles. The van der Waals surface area contributed by atoms with Gasteiger partial charge in [-0.2, -0.15) is 0 Å². The van der Waals surface area contributed by atoms with E-state index >= 15 is 0 Å². The summed E-state index contributed by atoms with van der Waals surface area (Å²) in [5.41, 5.74) is 1.48. The molecular formula is C20H36N4+2. The van der Waals surface area contributed by atoms with Gasteiger partial charge in [-0.3, -0.25) is 4.90 Å². The Morgan fingerprint density at radius 1 is 1.08 bits per heavy atom. The van der Waals surface area contributed by atoms with Gasteiger partial charge in [0.25, 0.3) is 0 Å². The number of nitrogens with one attached hydrogen (secondary N) is 1. The molecule has 3 N–H and O–H groups in total. The zero-order valence-electron chi connectivity index (χ0n) is 15.4. The van der Waals surface area contributed by atoms with Gasteiger partial charge in [0.05, 0.1) is 32.7 Å². The highest BCUT2D eigenvalue weighted by molar-refractivity contribution is 5.13. The molecule has 0 spiro atoms. The zero-order chi connectivity index (χ0) is 16.6. The number of hydrogen-bond acceptors (Lipinski definition) is 2. The highest BCUT2D eigenvalue weighted by Crippen LogP contribution is 2.04. The molecule has 3 rings (SSSR count). The van der Waals surface area contributed by atoms with E-state index in [1.165, 1.54) is 83.7 Å². The fourth-order valence-electron chi connectivity index (χ4n) is 4.30. The smallest absolute Gasteiger partial charge is 0.155 e. The van der Waals surface area contributed by atoms with Crippen LogP contribution in [-0.2, 0) is 6.54 Å². The first kappa shape index (κ1) is 17.9. The number of nitrogens with two attached hydrogens (primary N) is 1. The molecule has 0 bridgehead atoms. The second-order valence-corrected chi connectivity index (χ2v) is 7.55. The average molecular weight is 333 g/mol. The van der Waals surface area contributed by atoms with Crippen molar-refractivity contribution in [2.24, 2.45) is 0 Å². The molecule has 4 nitrogen and oxygen atoms in total. The third-order valence-electron chi connectivity index (χ3n) is 5.60. The summed E-state index contributed by atoms with van der Waals surface area (Å²) in [7, 11) is 0. The Bertz CT molecular complexity index is 464. The fourth-order valence-corrected chi connectivity index (χ4v) is 4.30. The van der Waals surface area contributed by atoms with Crippen LogP contribution < -0.4 is 10.2 Å². The van der Waals surface area contributed by atoms with Crippen LogP contribution in [0, 0.1) is 0 Å². The molecule has 2 heterocycles. The molecule has 1 aromatic carbocycles. The maximum absolute atomic E-state index is 2.75. The Balaban J connectivity index is 1.64. The third-order valence-corrected chi connectivity index (χ3v) is 5.60. The highest BCUT2D eigenvalue weighted by atomic mass is 15.3. The fraction of sp³-hybridized carbons (Fsp3) is 0.700. The van der Waals surface area contributed by atoms with Crippen LogP contribution in [0.4, 0.5) is 0 Å². The molecule has 0 radical (unpaired) electrons. The van der Waals surface area contributed by atoms with E-state index in [9.17, 15) is 0 Å². The van der Waals surface area contributed by atoms with Crippen molar-refractivity contribution in [1.82, 2.24) is 9.80 Å². The van der Waals surface area contributed by atoms with Gasteiger partial charge in [-0.15, -0.1) is 0 Å². The SMILES string of the molecule is CCCN1CCC[NH+](Cc2ccccc2)CCN2CCC[NH2+]C2C1. The Kier molecular flexibility index (Phi) is 7.09. The number of quaternary nitrogens is 2. The summed E-state index contributed by atoms with van der Waals surface area (Å²) < 4.78 is 0. The maximum atomic E-state index is 2.75. The van der Waals surface area contributed by atoms with Crippen LogP contribution in [-0.4, -0.2) is 68.3 Å². The van der Waals surface area contributed by atoms with Gasteiger partial charge < -0.3 is 10.2 Å². The van der Waals surface area contributed by atoms with Gasteiger partial charge in [0.1, 0.15) is 6.54 Å². The van der Waals surface area contributed by atoms with E-state index in [0.29, 0.717) is 6.17 Å². The van der Waals surface area contributed by atoms with E-state index in [-0.39, 0.29) is 0 Å². The van der Waals surface area contributed by atoms with Crippen molar-refractivity contribution in [2.75, 3.05) is 52.4 Å². The zero-order valence-corrected chi connectivity index (χ0v) is 15.4. The van der Waals surface area contributed by atoms with Crippen molar-refractivity contribution < 1.29 is 10.2 Å². The molecule has 2 fully saturated rings. The Morgan fingerprint density at radius 3 is 2.79 bits per heavy atom. The summed E-state index contributed by atoms with van der Waals surface area (Å²) in [5.74, 6) is 0. The molecule has 0 saturated carbocycles. The molecule has 2 aliphatic rings. The van der Waals surface area contributed by atoms with Gasteiger partial charge in [-0.05, 0) is 13.0 Å². The monoisotopic (exact) mass is 332 g/mol. The van der Waals surface area contributed by atoms with Gasteiger partial charge in [0, 0.05) is 31.5 Å². The number of rotatable bonds is 4. The molecule has 1 aromatic rings. The minimum atomic E-state index is 0.682. The summed E-state index contributed by atoms with van der Waals surface area (Å²) in [6, 6.07) is 11.0. The topological polar surface area (TPSA) is 27.5 Å². The molecule has 4 heteroatoms. The van der Waals surface area contributed by atoms with Gasteiger partial charge in [-0.25, -0.2) is 4.90 Å². The third kappa shape index (κ3) is 5.28. The van der Waals surface area contributed by atoms with Crippen molar-refractivity contribution in [3.05, 3.63) is 35.9 Å². The van der Waals surface area contributed by atoms with Gasteiger partial charge in [-0.1, -0.05) is 37.3 Å². The van der Waals surface area contributed by atoms with Crippen molar-refractivity contribution >= 4 is 0 Å². The molecule has 0 aliphatic carbocycles.